The molecular weight excluding hydrogens is 270 g/mol. The lowest BCUT2D eigenvalue weighted by Crippen LogP contribution is -2.30. The number of carboxylic acids is 1. The van der Waals surface area contributed by atoms with E-state index in [4.69, 9.17) is 9.84 Å². The summed E-state index contributed by atoms with van der Waals surface area (Å²) in [6.07, 6.45) is 5.34. The second-order valence-corrected chi connectivity index (χ2v) is 5.62. The quantitative estimate of drug-likeness (QED) is 0.898. The van der Waals surface area contributed by atoms with Crippen molar-refractivity contribution < 1.29 is 14.6 Å². The number of hydrogen-bond acceptors (Lipinski definition) is 5. The number of hydrogen-bond donors (Lipinski definition) is 2. The molecule has 0 aliphatic carbocycles. The van der Waals surface area contributed by atoms with Crippen molar-refractivity contribution in [2.45, 2.75) is 37.5 Å². The molecule has 2 N–H and O–H groups in total. The highest BCUT2D eigenvalue weighted by Gasteiger charge is 2.40. The Hall–Kier alpha value is -2.21. The van der Waals surface area contributed by atoms with Crippen molar-refractivity contribution >= 4 is 22.7 Å². The van der Waals surface area contributed by atoms with Gasteiger partial charge in [0, 0.05) is 5.39 Å². The first-order valence-electron chi connectivity index (χ1n) is 7.11. The predicted molar refractivity (Wildman–Crippen MR) is 76.4 cm³/mol. The molecule has 3 unspecified atom stereocenters. The lowest BCUT2D eigenvalue weighted by Gasteiger charge is -2.21. The van der Waals surface area contributed by atoms with Gasteiger partial charge in [0.05, 0.1) is 29.3 Å². The molecule has 0 spiro atoms. The zero-order valence-electron chi connectivity index (χ0n) is 11.3. The van der Waals surface area contributed by atoms with E-state index in [0.29, 0.717) is 11.6 Å². The van der Waals surface area contributed by atoms with Crippen LogP contribution in [-0.4, -0.2) is 39.3 Å². The number of anilines is 1. The number of carbonyl (C=O) groups is 1. The summed E-state index contributed by atoms with van der Waals surface area (Å²) < 4.78 is 5.84. The number of benzene rings is 1. The van der Waals surface area contributed by atoms with Crippen LogP contribution in [0.4, 0.5) is 5.82 Å². The van der Waals surface area contributed by atoms with Gasteiger partial charge in [0.25, 0.3) is 0 Å². The summed E-state index contributed by atoms with van der Waals surface area (Å²) in [5.41, 5.74) is 0.867. The van der Waals surface area contributed by atoms with Gasteiger partial charge in [0.1, 0.15) is 12.1 Å². The van der Waals surface area contributed by atoms with Gasteiger partial charge >= 0.3 is 5.97 Å². The van der Waals surface area contributed by atoms with Crippen molar-refractivity contribution in [2.24, 2.45) is 0 Å². The Morgan fingerprint density at radius 3 is 2.95 bits per heavy atom. The Kier molecular flexibility index (Phi) is 2.78. The van der Waals surface area contributed by atoms with Crippen LogP contribution in [0, 0.1) is 0 Å². The second kappa shape index (κ2) is 4.66. The third kappa shape index (κ3) is 2.12. The highest BCUT2D eigenvalue weighted by Crippen LogP contribution is 2.36. The van der Waals surface area contributed by atoms with Gasteiger partial charge in [-0.25, -0.2) is 14.8 Å². The Labute approximate surface area is 121 Å². The molecule has 2 saturated heterocycles. The number of aromatic carboxylic acids is 1. The van der Waals surface area contributed by atoms with E-state index in [1.165, 1.54) is 6.33 Å². The zero-order valence-corrected chi connectivity index (χ0v) is 11.3. The minimum Gasteiger partial charge on any atom is -0.478 e. The van der Waals surface area contributed by atoms with Crippen molar-refractivity contribution in [1.82, 2.24) is 9.97 Å². The maximum Gasteiger partial charge on any atom is 0.335 e. The number of ether oxygens (including phenoxy) is 1. The molecule has 0 saturated carbocycles. The number of rotatable bonds is 3. The first kappa shape index (κ1) is 12.5. The lowest BCUT2D eigenvalue weighted by atomic mass is 9.95. The summed E-state index contributed by atoms with van der Waals surface area (Å²) in [5.74, 6) is -0.204. The molecule has 4 rings (SSSR count). The topological polar surface area (TPSA) is 84.3 Å². The molecule has 0 radical (unpaired) electrons. The fourth-order valence-corrected chi connectivity index (χ4v) is 3.27. The van der Waals surface area contributed by atoms with E-state index >= 15 is 0 Å². The highest BCUT2D eigenvalue weighted by atomic mass is 16.5. The van der Waals surface area contributed by atoms with E-state index in [0.717, 1.165) is 30.5 Å². The van der Waals surface area contributed by atoms with E-state index < -0.39 is 5.97 Å². The van der Waals surface area contributed by atoms with E-state index in [9.17, 15) is 4.79 Å². The van der Waals surface area contributed by atoms with Crippen molar-refractivity contribution in [1.29, 1.82) is 0 Å². The van der Waals surface area contributed by atoms with Crippen LogP contribution in [0.3, 0.4) is 0 Å². The van der Waals surface area contributed by atoms with E-state index in [2.05, 4.69) is 15.3 Å². The summed E-state index contributed by atoms with van der Waals surface area (Å²) in [6.45, 7) is 0. The Balaban J connectivity index is 1.67. The van der Waals surface area contributed by atoms with Crippen molar-refractivity contribution in [3.8, 4) is 0 Å². The molecule has 2 aliphatic rings. The standard InChI is InChI=1S/C15H15N3O3/c19-15(20)8-1-3-10-11(5-8)16-7-17-14(10)18-12-6-9-2-4-13(12)21-9/h1,3,5,7,9,12-13H,2,4,6H2,(H,19,20)(H,16,17,18). The molecule has 3 atom stereocenters. The SMILES string of the molecule is O=C(O)c1ccc2c(NC3CC4CCC3O4)ncnc2c1. The maximum atomic E-state index is 11.0. The van der Waals surface area contributed by atoms with Crippen molar-refractivity contribution in [3.63, 3.8) is 0 Å². The fourth-order valence-electron chi connectivity index (χ4n) is 3.27. The van der Waals surface area contributed by atoms with Gasteiger partial charge in [-0.2, -0.15) is 0 Å². The molecule has 1 aromatic heterocycles. The number of carboxylic acid groups (broad SMARTS) is 1. The van der Waals surface area contributed by atoms with Crippen LogP contribution in [-0.2, 0) is 4.74 Å². The molecule has 21 heavy (non-hydrogen) atoms. The molecule has 2 bridgehead atoms. The summed E-state index contributed by atoms with van der Waals surface area (Å²) in [6, 6.07) is 5.19. The van der Waals surface area contributed by atoms with E-state index in [1.807, 2.05) is 0 Å². The molecule has 2 aliphatic heterocycles. The van der Waals surface area contributed by atoms with Crippen LogP contribution >= 0.6 is 0 Å². The monoisotopic (exact) mass is 285 g/mol. The molecule has 0 amide bonds. The smallest absolute Gasteiger partial charge is 0.335 e. The van der Waals surface area contributed by atoms with E-state index in [-0.39, 0.29) is 17.7 Å². The van der Waals surface area contributed by atoms with Crippen LogP contribution in [0.2, 0.25) is 0 Å². The zero-order chi connectivity index (χ0) is 14.4. The molecular formula is C15H15N3O3. The predicted octanol–water partition coefficient (Wildman–Crippen LogP) is 2.06. The Morgan fingerprint density at radius 1 is 1.33 bits per heavy atom. The summed E-state index contributed by atoms with van der Waals surface area (Å²) in [5, 5.41) is 13.3. The Morgan fingerprint density at radius 2 is 2.24 bits per heavy atom. The van der Waals surface area contributed by atoms with Crippen LogP contribution in [0.15, 0.2) is 24.5 Å². The third-order valence-electron chi connectivity index (χ3n) is 4.31. The summed E-state index contributed by atoms with van der Waals surface area (Å²) in [7, 11) is 0. The molecule has 108 valence electrons. The largest absolute Gasteiger partial charge is 0.478 e. The van der Waals surface area contributed by atoms with Gasteiger partial charge in [-0.1, -0.05) is 0 Å². The molecule has 6 heteroatoms. The first-order chi connectivity index (χ1) is 10.2. The van der Waals surface area contributed by atoms with Gasteiger partial charge in [-0.3, -0.25) is 0 Å². The molecule has 3 heterocycles. The summed E-state index contributed by atoms with van der Waals surface area (Å²) in [4.78, 5) is 19.5. The van der Waals surface area contributed by atoms with Crippen LogP contribution < -0.4 is 5.32 Å². The average Bonchev–Trinajstić information content (AvgIpc) is 3.09. The minimum atomic E-state index is -0.952. The van der Waals surface area contributed by atoms with Crippen LogP contribution in [0.5, 0.6) is 0 Å². The average molecular weight is 285 g/mol. The number of aromatic nitrogens is 2. The van der Waals surface area contributed by atoms with Crippen molar-refractivity contribution in [2.75, 3.05) is 5.32 Å². The Bertz CT molecular complexity index is 718. The van der Waals surface area contributed by atoms with Gasteiger partial charge in [0.2, 0.25) is 0 Å². The molecule has 6 nitrogen and oxygen atoms in total. The van der Waals surface area contributed by atoms with Gasteiger partial charge in [-0.05, 0) is 37.5 Å². The highest BCUT2D eigenvalue weighted by molar-refractivity contribution is 5.96. The minimum absolute atomic E-state index is 0.232. The lowest BCUT2D eigenvalue weighted by molar-refractivity contribution is 0.0697. The van der Waals surface area contributed by atoms with Crippen LogP contribution in [0.25, 0.3) is 10.9 Å². The fraction of sp³-hybridized carbons (Fsp3) is 0.400. The van der Waals surface area contributed by atoms with Crippen LogP contribution in [0.1, 0.15) is 29.6 Å². The van der Waals surface area contributed by atoms with Crippen molar-refractivity contribution in [3.05, 3.63) is 30.1 Å². The summed E-state index contributed by atoms with van der Waals surface area (Å²) >= 11 is 0. The maximum absolute atomic E-state index is 11.0. The van der Waals surface area contributed by atoms with Gasteiger partial charge in [-0.15, -0.1) is 0 Å². The number of fused-ring (bicyclic) bond motifs is 3. The molecule has 2 aromatic rings. The van der Waals surface area contributed by atoms with Gasteiger partial charge in [0.15, 0.2) is 0 Å². The molecule has 2 fully saturated rings. The third-order valence-corrected chi connectivity index (χ3v) is 4.31. The van der Waals surface area contributed by atoms with E-state index in [1.54, 1.807) is 18.2 Å². The second-order valence-electron chi connectivity index (χ2n) is 5.62. The number of nitrogens with one attached hydrogen (secondary N) is 1. The number of nitrogens with zero attached hydrogens (tertiary/aromatic N) is 2. The molecule has 1 aromatic carbocycles. The van der Waals surface area contributed by atoms with Gasteiger partial charge < -0.3 is 15.2 Å². The first-order valence-corrected chi connectivity index (χ1v) is 7.11. The normalized spacial score (nSPS) is 27.1.